The summed E-state index contributed by atoms with van der Waals surface area (Å²) in [6.45, 7) is 1.86. The number of benzene rings is 2. The number of nitrogens with one attached hydrogen (secondary N) is 1. The van der Waals surface area contributed by atoms with Gasteiger partial charge in [0.15, 0.2) is 5.76 Å². The summed E-state index contributed by atoms with van der Waals surface area (Å²) in [5.41, 5.74) is 1.18. The van der Waals surface area contributed by atoms with E-state index >= 15 is 0 Å². The lowest BCUT2D eigenvalue weighted by Crippen LogP contribution is -2.26. The molecule has 1 aromatic heterocycles. The fraction of sp³-hybridized carbons (Fsp3) is 0.150. The maximum Gasteiger partial charge on any atom is 0.287 e. The topological polar surface area (TPSA) is 51.5 Å². The molecule has 1 atom stereocenters. The molecule has 25 heavy (non-hydrogen) atoms. The zero-order valence-corrected chi connectivity index (χ0v) is 14.0. The Morgan fingerprint density at radius 2 is 1.80 bits per heavy atom. The number of methoxy groups -OCH3 is 1. The van der Waals surface area contributed by atoms with E-state index in [2.05, 4.69) is 5.32 Å². The predicted octanol–water partition coefficient (Wildman–Crippen LogP) is 4.59. The number of hydrogen-bond acceptors (Lipinski definition) is 3. The lowest BCUT2D eigenvalue weighted by molar-refractivity contribution is 0.0912. The molecule has 128 valence electrons. The van der Waals surface area contributed by atoms with Crippen LogP contribution in [0.5, 0.6) is 5.75 Å². The number of carbonyl (C=O) groups is 1. The van der Waals surface area contributed by atoms with Crippen molar-refractivity contribution in [2.75, 3.05) is 7.11 Å². The molecule has 2 aromatic carbocycles. The summed E-state index contributed by atoms with van der Waals surface area (Å²) in [4.78, 5) is 12.4. The van der Waals surface area contributed by atoms with Crippen LogP contribution in [0.2, 0.25) is 0 Å². The number of para-hydroxylation sites is 1. The first-order chi connectivity index (χ1) is 12.1. The Bertz CT molecular complexity index is 888. The highest BCUT2D eigenvalue weighted by atomic mass is 19.1. The predicted molar refractivity (Wildman–Crippen MR) is 93.0 cm³/mol. The van der Waals surface area contributed by atoms with Crippen LogP contribution in [0.4, 0.5) is 4.39 Å². The molecule has 4 nitrogen and oxygen atoms in total. The van der Waals surface area contributed by atoms with E-state index in [9.17, 15) is 9.18 Å². The Hall–Kier alpha value is -3.08. The molecule has 0 aliphatic heterocycles. The molecule has 3 rings (SSSR count). The molecule has 0 fully saturated rings. The minimum atomic E-state index is -0.397. The van der Waals surface area contributed by atoms with Gasteiger partial charge in [0.05, 0.1) is 18.7 Å². The SMILES string of the molecule is COc1ccccc1[C@@H](C)NC(=O)c1ccc(-c2ccccc2F)o1. The first kappa shape index (κ1) is 16.8. The standard InChI is InChI=1S/C20H18FNO3/c1-13(14-7-4-6-10-17(14)24-2)22-20(23)19-12-11-18(25-19)15-8-3-5-9-16(15)21/h3-13H,1-2H3,(H,22,23)/t13-/m1/s1. The van der Waals surface area contributed by atoms with E-state index in [0.29, 0.717) is 17.1 Å². The molecule has 0 unspecified atom stereocenters. The van der Waals surface area contributed by atoms with Crippen LogP contribution >= 0.6 is 0 Å². The quantitative estimate of drug-likeness (QED) is 0.740. The summed E-state index contributed by atoms with van der Waals surface area (Å²) in [5, 5.41) is 2.86. The van der Waals surface area contributed by atoms with E-state index in [4.69, 9.17) is 9.15 Å². The van der Waals surface area contributed by atoms with Gasteiger partial charge >= 0.3 is 0 Å². The number of carbonyl (C=O) groups excluding carboxylic acids is 1. The van der Waals surface area contributed by atoms with Gasteiger partial charge in [-0.25, -0.2) is 4.39 Å². The van der Waals surface area contributed by atoms with Crippen molar-refractivity contribution in [1.82, 2.24) is 5.32 Å². The Morgan fingerprint density at radius 1 is 1.08 bits per heavy atom. The van der Waals surface area contributed by atoms with Crippen molar-refractivity contribution in [1.29, 1.82) is 0 Å². The summed E-state index contributed by atoms with van der Waals surface area (Å²) in [6.07, 6.45) is 0. The molecule has 0 spiro atoms. The van der Waals surface area contributed by atoms with Gasteiger partial charge in [0, 0.05) is 5.56 Å². The van der Waals surface area contributed by atoms with Crippen LogP contribution in [0, 0.1) is 5.82 Å². The van der Waals surface area contributed by atoms with Gasteiger partial charge in [0.1, 0.15) is 17.3 Å². The van der Waals surface area contributed by atoms with Gasteiger partial charge in [0.25, 0.3) is 5.91 Å². The second kappa shape index (κ2) is 7.21. The Labute approximate surface area is 145 Å². The van der Waals surface area contributed by atoms with E-state index in [1.165, 1.54) is 12.1 Å². The van der Waals surface area contributed by atoms with Crippen LogP contribution < -0.4 is 10.1 Å². The third-order valence-corrected chi connectivity index (χ3v) is 3.92. The van der Waals surface area contributed by atoms with Gasteiger partial charge in [-0.15, -0.1) is 0 Å². The van der Waals surface area contributed by atoms with Crippen molar-refractivity contribution in [2.24, 2.45) is 0 Å². The first-order valence-corrected chi connectivity index (χ1v) is 7.88. The molecular formula is C20H18FNO3. The van der Waals surface area contributed by atoms with E-state index in [1.807, 2.05) is 31.2 Å². The molecular weight excluding hydrogens is 321 g/mol. The molecule has 0 radical (unpaired) electrons. The molecule has 3 aromatic rings. The zero-order valence-electron chi connectivity index (χ0n) is 14.0. The van der Waals surface area contributed by atoms with E-state index in [-0.39, 0.29) is 17.7 Å². The summed E-state index contributed by atoms with van der Waals surface area (Å²) in [5.74, 6) is 0.363. The number of furan rings is 1. The van der Waals surface area contributed by atoms with Crippen LogP contribution in [0.1, 0.15) is 29.1 Å². The number of ether oxygens (including phenoxy) is 1. The van der Waals surface area contributed by atoms with Crippen molar-refractivity contribution in [3.63, 3.8) is 0 Å². The molecule has 1 heterocycles. The smallest absolute Gasteiger partial charge is 0.287 e. The fourth-order valence-corrected chi connectivity index (χ4v) is 2.64. The van der Waals surface area contributed by atoms with E-state index in [0.717, 1.165) is 5.56 Å². The van der Waals surface area contributed by atoms with Gasteiger partial charge < -0.3 is 14.5 Å². The number of rotatable bonds is 5. The van der Waals surface area contributed by atoms with Crippen LogP contribution in [-0.4, -0.2) is 13.0 Å². The lowest BCUT2D eigenvalue weighted by atomic mass is 10.1. The van der Waals surface area contributed by atoms with Gasteiger partial charge in [-0.1, -0.05) is 30.3 Å². The second-order valence-electron chi connectivity index (χ2n) is 5.58. The highest BCUT2D eigenvalue weighted by Crippen LogP contribution is 2.27. The minimum Gasteiger partial charge on any atom is -0.496 e. The van der Waals surface area contributed by atoms with Crippen molar-refractivity contribution < 1.29 is 18.3 Å². The summed E-state index contributed by atoms with van der Waals surface area (Å²) < 4.78 is 24.7. The average Bonchev–Trinajstić information content (AvgIpc) is 3.12. The van der Waals surface area contributed by atoms with Crippen LogP contribution in [0.25, 0.3) is 11.3 Å². The first-order valence-electron chi connectivity index (χ1n) is 7.88. The lowest BCUT2D eigenvalue weighted by Gasteiger charge is -2.16. The molecule has 0 aliphatic carbocycles. The Balaban J connectivity index is 1.77. The van der Waals surface area contributed by atoms with Gasteiger partial charge in [-0.2, -0.15) is 0 Å². The molecule has 1 N–H and O–H groups in total. The van der Waals surface area contributed by atoms with E-state index in [1.54, 1.807) is 31.4 Å². The molecule has 0 saturated carbocycles. The van der Waals surface area contributed by atoms with E-state index < -0.39 is 5.82 Å². The third-order valence-electron chi connectivity index (χ3n) is 3.92. The third kappa shape index (κ3) is 3.55. The largest absolute Gasteiger partial charge is 0.496 e. The van der Waals surface area contributed by atoms with Crippen molar-refractivity contribution >= 4 is 5.91 Å². The Morgan fingerprint density at radius 3 is 2.56 bits per heavy atom. The molecule has 1 amide bonds. The monoisotopic (exact) mass is 339 g/mol. The summed E-state index contributed by atoms with van der Waals surface area (Å²) >= 11 is 0. The van der Waals surface area contributed by atoms with Crippen molar-refractivity contribution in [3.8, 4) is 17.1 Å². The highest BCUT2D eigenvalue weighted by molar-refractivity contribution is 5.92. The Kier molecular flexibility index (Phi) is 4.84. The molecule has 0 bridgehead atoms. The fourth-order valence-electron chi connectivity index (χ4n) is 2.64. The summed E-state index contributed by atoms with van der Waals surface area (Å²) in [6, 6.07) is 16.6. The number of hydrogen-bond donors (Lipinski definition) is 1. The van der Waals surface area contributed by atoms with Gasteiger partial charge in [-0.05, 0) is 37.3 Å². The van der Waals surface area contributed by atoms with Crippen molar-refractivity contribution in [3.05, 3.63) is 77.8 Å². The molecule has 0 aliphatic rings. The van der Waals surface area contributed by atoms with Crippen LogP contribution in [-0.2, 0) is 0 Å². The normalized spacial score (nSPS) is 11.8. The summed E-state index contributed by atoms with van der Waals surface area (Å²) in [7, 11) is 1.58. The van der Waals surface area contributed by atoms with Gasteiger partial charge in [-0.3, -0.25) is 4.79 Å². The number of amides is 1. The maximum absolute atomic E-state index is 13.8. The van der Waals surface area contributed by atoms with Crippen LogP contribution in [0.15, 0.2) is 65.1 Å². The zero-order chi connectivity index (χ0) is 17.8. The van der Waals surface area contributed by atoms with Gasteiger partial charge in [0.2, 0.25) is 0 Å². The molecule has 5 heteroatoms. The average molecular weight is 339 g/mol. The minimum absolute atomic E-state index is 0.125. The highest BCUT2D eigenvalue weighted by Gasteiger charge is 2.18. The maximum atomic E-state index is 13.8. The second-order valence-corrected chi connectivity index (χ2v) is 5.58. The van der Waals surface area contributed by atoms with Crippen LogP contribution in [0.3, 0.4) is 0 Å². The number of halogens is 1. The molecule has 0 saturated heterocycles. The van der Waals surface area contributed by atoms with Crippen molar-refractivity contribution in [2.45, 2.75) is 13.0 Å².